The molecule has 3 rings (SSSR count). The van der Waals surface area contributed by atoms with Gasteiger partial charge in [-0.25, -0.2) is 4.98 Å². The zero-order valence-electron chi connectivity index (χ0n) is 13.1. The normalized spacial score (nSPS) is 19.6. The fourth-order valence-corrected chi connectivity index (χ4v) is 3.58. The Kier molecular flexibility index (Phi) is 5.17. The highest BCUT2D eigenvalue weighted by Crippen LogP contribution is 2.26. The molecule has 0 amide bonds. The standard InChI is InChI=1S/C15H22N4O2S/c1-3-13-17-15(18-21-13)11-5-4-6-19(7-11)8-12-10-22-14(16-12)9-20-2/h10-11H,3-9H2,1-2H3/t11-/m0/s1. The molecule has 0 aromatic carbocycles. The number of aromatic nitrogens is 3. The van der Waals surface area contributed by atoms with E-state index in [0.717, 1.165) is 61.3 Å². The highest BCUT2D eigenvalue weighted by atomic mass is 32.1. The van der Waals surface area contributed by atoms with Crippen LogP contribution in [0.3, 0.4) is 0 Å². The zero-order valence-corrected chi connectivity index (χ0v) is 13.9. The van der Waals surface area contributed by atoms with Crippen molar-refractivity contribution in [1.82, 2.24) is 20.0 Å². The van der Waals surface area contributed by atoms with E-state index in [1.54, 1.807) is 18.4 Å². The fraction of sp³-hybridized carbons (Fsp3) is 0.667. The maximum Gasteiger partial charge on any atom is 0.226 e. The molecule has 0 spiro atoms. The number of hydrogen-bond acceptors (Lipinski definition) is 7. The Morgan fingerprint density at radius 1 is 1.45 bits per heavy atom. The molecule has 0 aliphatic carbocycles. The lowest BCUT2D eigenvalue weighted by atomic mass is 9.97. The SMILES string of the molecule is CCc1nc([C@H]2CCCN(Cc3csc(COC)n3)C2)no1. The van der Waals surface area contributed by atoms with Crippen LogP contribution in [-0.2, 0) is 24.3 Å². The largest absolute Gasteiger partial charge is 0.378 e. The average molecular weight is 322 g/mol. The summed E-state index contributed by atoms with van der Waals surface area (Å²) in [5, 5.41) is 7.30. The van der Waals surface area contributed by atoms with E-state index in [1.165, 1.54) is 0 Å². The maximum absolute atomic E-state index is 5.25. The van der Waals surface area contributed by atoms with E-state index in [4.69, 9.17) is 9.26 Å². The van der Waals surface area contributed by atoms with Crippen LogP contribution in [0.25, 0.3) is 0 Å². The Morgan fingerprint density at radius 2 is 2.36 bits per heavy atom. The second-order valence-electron chi connectivity index (χ2n) is 5.64. The molecule has 22 heavy (non-hydrogen) atoms. The summed E-state index contributed by atoms with van der Waals surface area (Å²) in [4.78, 5) is 11.5. The van der Waals surface area contributed by atoms with Crippen LogP contribution >= 0.6 is 11.3 Å². The Morgan fingerprint density at radius 3 is 3.14 bits per heavy atom. The second-order valence-corrected chi connectivity index (χ2v) is 6.58. The van der Waals surface area contributed by atoms with Crippen molar-refractivity contribution in [2.45, 2.75) is 45.3 Å². The van der Waals surface area contributed by atoms with Gasteiger partial charge in [-0.15, -0.1) is 11.3 Å². The number of nitrogens with zero attached hydrogens (tertiary/aromatic N) is 4. The number of hydrogen-bond donors (Lipinski definition) is 0. The van der Waals surface area contributed by atoms with Gasteiger partial charge in [0.2, 0.25) is 5.89 Å². The molecule has 1 fully saturated rings. The minimum absolute atomic E-state index is 0.370. The monoisotopic (exact) mass is 322 g/mol. The molecule has 0 N–H and O–H groups in total. The molecule has 2 aromatic rings. The summed E-state index contributed by atoms with van der Waals surface area (Å²) in [6, 6.07) is 0. The molecule has 0 bridgehead atoms. The third-order valence-electron chi connectivity index (χ3n) is 3.91. The Balaban J connectivity index is 1.60. The van der Waals surface area contributed by atoms with Gasteiger partial charge >= 0.3 is 0 Å². The van der Waals surface area contributed by atoms with Crippen molar-refractivity contribution in [1.29, 1.82) is 0 Å². The lowest BCUT2D eigenvalue weighted by Gasteiger charge is -2.30. The van der Waals surface area contributed by atoms with Crippen molar-refractivity contribution in [2.24, 2.45) is 0 Å². The van der Waals surface area contributed by atoms with Gasteiger partial charge in [-0.1, -0.05) is 12.1 Å². The van der Waals surface area contributed by atoms with Crippen LogP contribution in [0.2, 0.25) is 0 Å². The van der Waals surface area contributed by atoms with Gasteiger partial charge in [-0.2, -0.15) is 4.98 Å². The molecule has 7 heteroatoms. The van der Waals surface area contributed by atoms with E-state index in [2.05, 4.69) is 25.4 Å². The Hall–Kier alpha value is -1.31. The first-order valence-electron chi connectivity index (χ1n) is 7.75. The van der Waals surface area contributed by atoms with Crippen molar-refractivity contribution in [2.75, 3.05) is 20.2 Å². The van der Waals surface area contributed by atoms with Gasteiger partial charge in [0.15, 0.2) is 5.82 Å². The number of piperidine rings is 1. The third kappa shape index (κ3) is 3.71. The number of ether oxygens (including phenoxy) is 1. The van der Waals surface area contributed by atoms with Crippen LogP contribution in [0.1, 0.15) is 48.1 Å². The summed E-state index contributed by atoms with van der Waals surface area (Å²) in [7, 11) is 1.70. The topological polar surface area (TPSA) is 64.3 Å². The van der Waals surface area contributed by atoms with E-state index in [9.17, 15) is 0 Å². The number of rotatable bonds is 6. The molecule has 0 saturated carbocycles. The highest BCUT2D eigenvalue weighted by molar-refractivity contribution is 7.09. The van der Waals surface area contributed by atoms with Gasteiger partial charge in [0.1, 0.15) is 5.01 Å². The molecule has 3 heterocycles. The lowest BCUT2D eigenvalue weighted by molar-refractivity contribution is 0.182. The quantitative estimate of drug-likeness (QED) is 0.814. The van der Waals surface area contributed by atoms with Crippen LogP contribution < -0.4 is 0 Å². The fourth-order valence-electron chi connectivity index (χ4n) is 2.83. The molecular formula is C15H22N4O2S. The van der Waals surface area contributed by atoms with Crippen molar-refractivity contribution in [3.05, 3.63) is 27.8 Å². The predicted octanol–water partition coefficient (Wildman–Crippen LogP) is 2.61. The Bertz CT molecular complexity index is 598. The van der Waals surface area contributed by atoms with Crippen molar-refractivity contribution < 1.29 is 9.26 Å². The molecule has 0 unspecified atom stereocenters. The molecule has 1 aliphatic heterocycles. The summed E-state index contributed by atoms with van der Waals surface area (Å²) < 4.78 is 10.4. The van der Waals surface area contributed by atoms with E-state index >= 15 is 0 Å². The average Bonchev–Trinajstić information content (AvgIpc) is 3.17. The van der Waals surface area contributed by atoms with E-state index in [0.29, 0.717) is 12.5 Å². The molecule has 2 aromatic heterocycles. The predicted molar refractivity (Wildman–Crippen MR) is 83.8 cm³/mol. The van der Waals surface area contributed by atoms with Crippen molar-refractivity contribution in [3.63, 3.8) is 0 Å². The van der Waals surface area contributed by atoms with Gasteiger partial charge in [0.05, 0.1) is 12.3 Å². The van der Waals surface area contributed by atoms with Crippen LogP contribution in [0.15, 0.2) is 9.90 Å². The first kappa shape index (κ1) is 15.6. The molecule has 120 valence electrons. The first-order valence-corrected chi connectivity index (χ1v) is 8.63. The van der Waals surface area contributed by atoms with Gasteiger partial charge in [0.25, 0.3) is 0 Å². The van der Waals surface area contributed by atoms with E-state index in [-0.39, 0.29) is 0 Å². The number of likely N-dealkylation sites (tertiary alicyclic amines) is 1. The van der Waals surface area contributed by atoms with Gasteiger partial charge in [0, 0.05) is 37.9 Å². The minimum Gasteiger partial charge on any atom is -0.378 e. The van der Waals surface area contributed by atoms with Crippen LogP contribution in [0, 0.1) is 0 Å². The molecule has 1 saturated heterocycles. The summed E-state index contributed by atoms with van der Waals surface area (Å²) >= 11 is 1.66. The van der Waals surface area contributed by atoms with Gasteiger partial charge in [-0.05, 0) is 19.4 Å². The van der Waals surface area contributed by atoms with Crippen molar-refractivity contribution in [3.8, 4) is 0 Å². The summed E-state index contributed by atoms with van der Waals surface area (Å²) in [5.74, 6) is 1.96. The van der Waals surface area contributed by atoms with Gasteiger partial charge < -0.3 is 9.26 Å². The minimum atomic E-state index is 0.370. The lowest BCUT2D eigenvalue weighted by Crippen LogP contribution is -2.34. The number of aryl methyl sites for hydroxylation is 1. The molecule has 6 nitrogen and oxygen atoms in total. The summed E-state index contributed by atoms with van der Waals surface area (Å²) in [6.07, 6.45) is 3.09. The van der Waals surface area contributed by atoms with E-state index < -0.39 is 0 Å². The molecule has 0 radical (unpaired) electrons. The smallest absolute Gasteiger partial charge is 0.226 e. The Labute approximate surface area is 134 Å². The summed E-state index contributed by atoms with van der Waals surface area (Å²) in [5.41, 5.74) is 1.13. The molecule has 1 atom stereocenters. The van der Waals surface area contributed by atoms with Crippen LogP contribution in [-0.4, -0.2) is 40.2 Å². The second kappa shape index (κ2) is 7.30. The number of methoxy groups -OCH3 is 1. The maximum atomic E-state index is 5.25. The summed E-state index contributed by atoms with van der Waals surface area (Å²) in [6.45, 7) is 5.58. The van der Waals surface area contributed by atoms with Gasteiger partial charge in [-0.3, -0.25) is 4.90 Å². The number of thiazole rings is 1. The van der Waals surface area contributed by atoms with E-state index in [1.807, 2.05) is 6.92 Å². The zero-order chi connectivity index (χ0) is 15.4. The molecular weight excluding hydrogens is 300 g/mol. The van der Waals surface area contributed by atoms with Crippen LogP contribution in [0.4, 0.5) is 0 Å². The van der Waals surface area contributed by atoms with Crippen molar-refractivity contribution >= 4 is 11.3 Å². The third-order valence-corrected chi connectivity index (χ3v) is 4.78. The first-order chi connectivity index (χ1) is 10.8. The molecule has 1 aliphatic rings. The van der Waals surface area contributed by atoms with Crippen LogP contribution in [0.5, 0.6) is 0 Å². The highest BCUT2D eigenvalue weighted by Gasteiger charge is 2.25.